The zero-order valence-electron chi connectivity index (χ0n) is 17.7. The monoisotopic (exact) mass is 396 g/mol. The maximum absolute atomic E-state index is 13.1. The van der Waals surface area contributed by atoms with Crippen molar-refractivity contribution in [2.45, 2.75) is 83.1 Å². The number of carbonyl (C=O) groups is 2. The van der Waals surface area contributed by atoms with E-state index in [-0.39, 0.29) is 18.8 Å². The Bertz CT molecular complexity index is 698. The Balaban J connectivity index is 2.60. The molecule has 1 fully saturated rings. The van der Waals surface area contributed by atoms with Gasteiger partial charge >= 0.3 is 5.97 Å². The van der Waals surface area contributed by atoms with Gasteiger partial charge in [0.2, 0.25) is 17.2 Å². The van der Waals surface area contributed by atoms with Crippen molar-refractivity contribution in [2.75, 3.05) is 7.11 Å². The molecule has 0 amide bonds. The van der Waals surface area contributed by atoms with Crippen LogP contribution in [0.5, 0.6) is 0 Å². The summed E-state index contributed by atoms with van der Waals surface area (Å²) in [5, 5.41) is 21.7. The van der Waals surface area contributed by atoms with Crippen LogP contribution in [0.3, 0.4) is 0 Å². The van der Waals surface area contributed by atoms with Crippen molar-refractivity contribution >= 4 is 11.8 Å². The van der Waals surface area contributed by atoms with Gasteiger partial charge in [-0.05, 0) is 52.2 Å². The summed E-state index contributed by atoms with van der Waals surface area (Å²) in [5.74, 6) is -2.90. The number of carbonyl (C=O) groups excluding carboxylic acids is 2. The molecule has 1 saturated heterocycles. The van der Waals surface area contributed by atoms with Crippen LogP contribution in [-0.4, -0.2) is 57.8 Å². The van der Waals surface area contributed by atoms with Gasteiger partial charge in [-0.25, -0.2) is 0 Å². The van der Waals surface area contributed by atoms with E-state index in [2.05, 4.69) is 0 Å². The van der Waals surface area contributed by atoms with Crippen LogP contribution in [0.2, 0.25) is 0 Å². The van der Waals surface area contributed by atoms with Gasteiger partial charge in [-0.15, -0.1) is 0 Å². The molecule has 1 aliphatic heterocycles. The third-order valence-electron chi connectivity index (χ3n) is 5.29. The number of esters is 1. The number of ketones is 1. The largest absolute Gasteiger partial charge is 0.444 e. The van der Waals surface area contributed by atoms with E-state index in [1.54, 1.807) is 20.8 Å². The predicted molar refractivity (Wildman–Crippen MR) is 102 cm³/mol. The van der Waals surface area contributed by atoms with Crippen molar-refractivity contribution in [3.05, 3.63) is 23.8 Å². The molecule has 28 heavy (non-hydrogen) atoms. The third kappa shape index (κ3) is 3.68. The highest BCUT2D eigenvalue weighted by Crippen LogP contribution is 2.54. The maximum atomic E-state index is 13.1. The highest BCUT2D eigenvalue weighted by atomic mass is 16.7. The number of rotatable bonds is 6. The van der Waals surface area contributed by atoms with Crippen LogP contribution >= 0.6 is 0 Å². The Morgan fingerprint density at radius 2 is 2.07 bits per heavy atom. The van der Waals surface area contributed by atoms with Crippen LogP contribution in [0, 0.1) is 5.92 Å². The molecular formula is C21H32O7. The fourth-order valence-electron chi connectivity index (χ4n) is 3.85. The first-order chi connectivity index (χ1) is 12.7. The average molecular weight is 396 g/mol. The van der Waals surface area contributed by atoms with E-state index in [1.807, 2.05) is 13.8 Å². The molecule has 0 radical (unpaired) electrons. The van der Waals surface area contributed by atoms with Crippen LogP contribution in [0.4, 0.5) is 0 Å². The first kappa shape index (κ1) is 22.7. The van der Waals surface area contributed by atoms with Gasteiger partial charge in [0.1, 0.15) is 6.10 Å². The Morgan fingerprint density at radius 3 is 2.57 bits per heavy atom. The molecule has 158 valence electrons. The molecule has 0 saturated carbocycles. The van der Waals surface area contributed by atoms with Crippen LogP contribution in [0.25, 0.3) is 0 Å². The van der Waals surface area contributed by atoms with E-state index in [4.69, 9.17) is 14.2 Å². The topological polar surface area (TPSA) is 102 Å². The lowest BCUT2D eigenvalue weighted by Gasteiger charge is -2.44. The number of aliphatic hydroxyl groups is 2. The fraction of sp³-hybridized carbons (Fsp3) is 0.714. The van der Waals surface area contributed by atoms with E-state index in [1.165, 1.54) is 32.3 Å². The minimum Gasteiger partial charge on any atom is -0.444 e. The molecule has 4 unspecified atom stereocenters. The highest BCUT2D eigenvalue weighted by Gasteiger charge is 2.77. The Hall–Kier alpha value is -1.54. The van der Waals surface area contributed by atoms with Crippen LogP contribution < -0.4 is 0 Å². The molecule has 0 bridgehead atoms. The average Bonchev–Trinajstić information content (AvgIpc) is 2.70. The van der Waals surface area contributed by atoms with E-state index in [0.29, 0.717) is 0 Å². The smallest absolute Gasteiger partial charge is 0.307 e. The molecule has 0 aromatic heterocycles. The number of methoxy groups -OCH3 is 1. The molecule has 2 aliphatic rings. The van der Waals surface area contributed by atoms with Crippen molar-refractivity contribution in [2.24, 2.45) is 5.92 Å². The summed E-state index contributed by atoms with van der Waals surface area (Å²) in [5.41, 5.74) is -4.45. The number of hydrogen-bond acceptors (Lipinski definition) is 7. The second kappa shape index (κ2) is 7.37. The molecular weight excluding hydrogens is 364 g/mol. The predicted octanol–water partition coefficient (Wildman–Crippen LogP) is 2.05. The third-order valence-corrected chi connectivity index (χ3v) is 5.29. The number of hydrogen-bond donors (Lipinski definition) is 2. The lowest BCUT2D eigenvalue weighted by Crippen LogP contribution is -2.68. The molecule has 2 N–H and O–H groups in total. The van der Waals surface area contributed by atoms with Gasteiger partial charge < -0.3 is 24.4 Å². The molecule has 0 aromatic carbocycles. The zero-order chi connectivity index (χ0) is 21.5. The summed E-state index contributed by atoms with van der Waals surface area (Å²) < 4.78 is 17.3. The van der Waals surface area contributed by atoms with Gasteiger partial charge in [-0.3, -0.25) is 9.59 Å². The van der Waals surface area contributed by atoms with Gasteiger partial charge in [0.15, 0.2) is 5.60 Å². The second-order valence-electron chi connectivity index (χ2n) is 8.90. The number of fused-ring (bicyclic) bond motifs is 1. The second-order valence-corrected chi connectivity index (χ2v) is 8.90. The zero-order valence-corrected chi connectivity index (χ0v) is 17.7. The summed E-state index contributed by atoms with van der Waals surface area (Å²) in [6, 6.07) is 0. The molecule has 0 aromatic rings. The van der Waals surface area contributed by atoms with E-state index in [0.717, 1.165) is 5.57 Å². The summed E-state index contributed by atoms with van der Waals surface area (Å²) in [6.07, 6.45) is 3.63. The quantitative estimate of drug-likeness (QED) is 0.523. The maximum Gasteiger partial charge on any atom is 0.307 e. The minimum absolute atomic E-state index is 0.0212. The van der Waals surface area contributed by atoms with Crippen molar-refractivity contribution in [1.82, 2.24) is 0 Å². The van der Waals surface area contributed by atoms with E-state index < -0.39 is 40.4 Å². The molecule has 2 rings (SSSR count). The standard InChI is InChI=1S/C21H32O7/c1-13(2)10-17(23)28-21-15(22)11-14(3)12-16(21)27-20(26-7,19(21,6)25)9-8-18(4,5)24/h8-9,11,13,16,24-25H,10,12H2,1-7H3. The molecule has 1 heterocycles. The minimum atomic E-state index is -2.04. The highest BCUT2D eigenvalue weighted by molar-refractivity contribution is 6.02. The van der Waals surface area contributed by atoms with Crippen molar-refractivity contribution < 1.29 is 34.0 Å². The van der Waals surface area contributed by atoms with Crippen molar-refractivity contribution in [1.29, 1.82) is 0 Å². The van der Waals surface area contributed by atoms with Gasteiger partial charge in [0.25, 0.3) is 0 Å². The fourth-order valence-corrected chi connectivity index (χ4v) is 3.85. The summed E-state index contributed by atoms with van der Waals surface area (Å²) >= 11 is 0. The Labute approximate surface area is 166 Å². The summed E-state index contributed by atoms with van der Waals surface area (Å²) in [6.45, 7) is 9.96. The lowest BCUT2D eigenvalue weighted by atomic mass is 9.70. The lowest BCUT2D eigenvalue weighted by molar-refractivity contribution is -0.251. The van der Waals surface area contributed by atoms with E-state index in [9.17, 15) is 19.8 Å². The summed E-state index contributed by atoms with van der Waals surface area (Å²) in [4.78, 5) is 25.7. The number of ether oxygens (including phenoxy) is 3. The van der Waals surface area contributed by atoms with Crippen LogP contribution in [0.15, 0.2) is 23.8 Å². The Kier molecular flexibility index (Phi) is 5.99. The van der Waals surface area contributed by atoms with E-state index >= 15 is 0 Å². The van der Waals surface area contributed by atoms with Gasteiger partial charge in [-0.2, -0.15) is 0 Å². The van der Waals surface area contributed by atoms with Gasteiger partial charge in [0, 0.05) is 13.5 Å². The van der Waals surface area contributed by atoms with Crippen molar-refractivity contribution in [3.8, 4) is 0 Å². The summed E-state index contributed by atoms with van der Waals surface area (Å²) in [7, 11) is 1.33. The van der Waals surface area contributed by atoms with Gasteiger partial charge in [-0.1, -0.05) is 25.5 Å². The first-order valence-corrected chi connectivity index (χ1v) is 9.52. The van der Waals surface area contributed by atoms with Crippen LogP contribution in [-0.2, 0) is 23.8 Å². The SMILES string of the molecule is COC1(C=CC(C)(C)O)OC2CC(C)=CC(=O)C2(OC(=O)CC(C)C)C1(C)O. The van der Waals surface area contributed by atoms with Crippen LogP contribution in [0.1, 0.15) is 54.4 Å². The first-order valence-electron chi connectivity index (χ1n) is 9.52. The molecule has 4 atom stereocenters. The molecule has 0 spiro atoms. The molecule has 1 aliphatic carbocycles. The van der Waals surface area contributed by atoms with Gasteiger partial charge in [0.05, 0.1) is 5.60 Å². The molecule has 7 heteroatoms. The molecule has 7 nitrogen and oxygen atoms in total. The Morgan fingerprint density at radius 1 is 1.46 bits per heavy atom. The normalized spacial score (nSPS) is 36.0. The van der Waals surface area contributed by atoms with Crippen molar-refractivity contribution in [3.63, 3.8) is 0 Å².